The van der Waals surface area contributed by atoms with Gasteiger partial charge < -0.3 is 0 Å². The third kappa shape index (κ3) is 4.02. The summed E-state index contributed by atoms with van der Waals surface area (Å²) in [7, 11) is 0. The number of hydrogen-bond acceptors (Lipinski definition) is 4. The van der Waals surface area contributed by atoms with Crippen LogP contribution >= 0.6 is 0 Å². The van der Waals surface area contributed by atoms with Gasteiger partial charge in [0.15, 0.2) is 17.5 Å². The minimum atomic E-state index is -0.0930. The highest BCUT2D eigenvalue weighted by Gasteiger charge is 2.36. The Morgan fingerprint density at radius 3 is 1.76 bits per heavy atom. The molecule has 0 atom stereocenters. The molecule has 8 aromatic rings. The van der Waals surface area contributed by atoms with Crippen LogP contribution in [-0.2, 0) is 5.41 Å². The molecule has 1 aliphatic rings. The zero-order chi connectivity index (χ0) is 30.8. The van der Waals surface area contributed by atoms with Gasteiger partial charge in [-0.25, -0.2) is 19.9 Å². The summed E-state index contributed by atoms with van der Waals surface area (Å²) >= 11 is 0. The lowest BCUT2D eigenvalue weighted by Gasteiger charge is -2.21. The van der Waals surface area contributed by atoms with Crippen LogP contribution in [0.5, 0.6) is 0 Å². The van der Waals surface area contributed by atoms with Crippen LogP contribution in [0.4, 0.5) is 0 Å². The highest BCUT2D eigenvalue weighted by atomic mass is 15.1. The quantitative estimate of drug-likeness (QED) is 0.204. The molecule has 0 saturated carbocycles. The summed E-state index contributed by atoms with van der Waals surface area (Å²) in [5.74, 6) is 2.71. The summed E-state index contributed by atoms with van der Waals surface area (Å²) < 4.78 is 2.28. The summed E-state index contributed by atoms with van der Waals surface area (Å²) in [6, 6.07) is 46.4. The van der Waals surface area contributed by atoms with Crippen molar-refractivity contribution in [3.8, 4) is 51.1 Å². The second-order valence-electron chi connectivity index (χ2n) is 12.4. The maximum Gasteiger partial charge on any atom is 0.165 e. The lowest BCUT2D eigenvalue weighted by molar-refractivity contribution is 0.661. The first-order valence-corrected chi connectivity index (χ1v) is 15.6. The molecule has 5 nitrogen and oxygen atoms in total. The molecule has 5 heteroatoms. The van der Waals surface area contributed by atoms with E-state index in [4.69, 9.17) is 19.9 Å². The van der Waals surface area contributed by atoms with Crippen LogP contribution in [0.1, 0.15) is 25.0 Å². The molecule has 218 valence electrons. The summed E-state index contributed by atoms with van der Waals surface area (Å²) in [4.78, 5) is 19.7. The maximum atomic E-state index is 5.03. The van der Waals surface area contributed by atoms with Crippen molar-refractivity contribution in [2.75, 3.05) is 0 Å². The van der Waals surface area contributed by atoms with Crippen molar-refractivity contribution >= 4 is 21.8 Å². The van der Waals surface area contributed by atoms with E-state index in [1.807, 2.05) is 66.9 Å². The molecular formula is C41H29N5. The molecule has 0 unspecified atom stereocenters. The lowest BCUT2D eigenvalue weighted by Crippen LogP contribution is -2.15. The molecule has 9 rings (SSSR count). The summed E-state index contributed by atoms with van der Waals surface area (Å²) in [5.41, 5.74) is 10.3. The minimum absolute atomic E-state index is 0.0930. The van der Waals surface area contributed by atoms with Gasteiger partial charge in [0, 0.05) is 39.1 Å². The van der Waals surface area contributed by atoms with E-state index >= 15 is 0 Å². The Balaban J connectivity index is 1.20. The Morgan fingerprint density at radius 1 is 0.478 bits per heavy atom. The van der Waals surface area contributed by atoms with Crippen LogP contribution in [-0.4, -0.2) is 24.5 Å². The molecule has 0 radical (unpaired) electrons. The molecule has 46 heavy (non-hydrogen) atoms. The summed E-state index contributed by atoms with van der Waals surface area (Å²) in [5, 5.41) is 2.44. The molecule has 0 amide bonds. The highest BCUT2D eigenvalue weighted by Crippen LogP contribution is 2.50. The number of aromatic nitrogens is 5. The van der Waals surface area contributed by atoms with Crippen molar-refractivity contribution in [2.24, 2.45) is 0 Å². The van der Waals surface area contributed by atoms with Gasteiger partial charge >= 0.3 is 0 Å². The molecular weight excluding hydrogens is 562 g/mol. The van der Waals surface area contributed by atoms with Gasteiger partial charge in [-0.05, 0) is 52.6 Å². The largest absolute Gasteiger partial charge is 0.294 e. The van der Waals surface area contributed by atoms with Crippen molar-refractivity contribution in [3.63, 3.8) is 0 Å². The van der Waals surface area contributed by atoms with Gasteiger partial charge in [0.25, 0.3) is 0 Å². The molecule has 0 aliphatic heterocycles. The predicted molar refractivity (Wildman–Crippen MR) is 186 cm³/mol. The van der Waals surface area contributed by atoms with Gasteiger partial charge in [-0.3, -0.25) is 4.57 Å². The number of para-hydroxylation sites is 1. The van der Waals surface area contributed by atoms with Crippen LogP contribution < -0.4 is 0 Å². The first kappa shape index (κ1) is 26.5. The average molecular weight is 592 g/mol. The van der Waals surface area contributed by atoms with Gasteiger partial charge in [0.2, 0.25) is 0 Å². The van der Waals surface area contributed by atoms with Gasteiger partial charge in [-0.1, -0.05) is 117 Å². The third-order valence-corrected chi connectivity index (χ3v) is 9.31. The zero-order valence-corrected chi connectivity index (χ0v) is 25.5. The normalized spacial score (nSPS) is 13.2. The Morgan fingerprint density at radius 2 is 1.09 bits per heavy atom. The number of hydrogen-bond donors (Lipinski definition) is 0. The second-order valence-corrected chi connectivity index (χ2v) is 12.4. The molecule has 3 heterocycles. The Kier molecular flexibility index (Phi) is 5.78. The highest BCUT2D eigenvalue weighted by molar-refractivity contribution is 6.11. The van der Waals surface area contributed by atoms with E-state index in [2.05, 4.69) is 91.2 Å². The van der Waals surface area contributed by atoms with Crippen LogP contribution in [0.3, 0.4) is 0 Å². The number of fused-ring (bicyclic) bond motifs is 6. The van der Waals surface area contributed by atoms with Gasteiger partial charge in [0.1, 0.15) is 5.82 Å². The summed E-state index contributed by atoms with van der Waals surface area (Å²) in [6.07, 6.45) is 1.88. The molecule has 0 N–H and O–H groups in total. The van der Waals surface area contributed by atoms with E-state index in [1.54, 1.807) is 0 Å². The zero-order valence-electron chi connectivity index (χ0n) is 25.5. The van der Waals surface area contributed by atoms with Gasteiger partial charge in [-0.15, -0.1) is 0 Å². The molecule has 0 spiro atoms. The second kappa shape index (κ2) is 10.0. The van der Waals surface area contributed by atoms with Gasteiger partial charge in [0.05, 0.1) is 11.0 Å². The molecule has 0 bridgehead atoms. The van der Waals surface area contributed by atoms with Crippen molar-refractivity contribution in [3.05, 3.63) is 151 Å². The Bertz CT molecular complexity index is 2370. The first-order chi connectivity index (χ1) is 22.6. The van der Waals surface area contributed by atoms with Crippen molar-refractivity contribution in [2.45, 2.75) is 19.3 Å². The van der Waals surface area contributed by atoms with E-state index in [0.717, 1.165) is 33.5 Å². The molecule has 0 saturated heterocycles. The van der Waals surface area contributed by atoms with Crippen molar-refractivity contribution in [1.29, 1.82) is 0 Å². The van der Waals surface area contributed by atoms with E-state index in [0.29, 0.717) is 17.5 Å². The third-order valence-electron chi connectivity index (χ3n) is 9.31. The van der Waals surface area contributed by atoms with Crippen molar-refractivity contribution in [1.82, 2.24) is 24.5 Å². The summed E-state index contributed by atoms with van der Waals surface area (Å²) in [6.45, 7) is 4.65. The number of benzene rings is 5. The maximum absolute atomic E-state index is 5.03. The monoisotopic (exact) mass is 591 g/mol. The first-order valence-electron chi connectivity index (χ1n) is 15.6. The minimum Gasteiger partial charge on any atom is -0.294 e. The topological polar surface area (TPSA) is 56.5 Å². The smallest absolute Gasteiger partial charge is 0.165 e. The van der Waals surface area contributed by atoms with Gasteiger partial charge in [-0.2, -0.15) is 0 Å². The SMILES string of the molecule is CC1(C)c2ccccc2-c2cc3c4ccccc4n(-c4ccc(-c5nc(-c6ccccc6)nc(-c6ccccc6)n5)cn4)c3cc21. The van der Waals surface area contributed by atoms with E-state index < -0.39 is 0 Å². The molecule has 5 aromatic carbocycles. The number of nitrogens with zero attached hydrogens (tertiary/aromatic N) is 5. The van der Waals surface area contributed by atoms with E-state index in [9.17, 15) is 0 Å². The Hall–Kier alpha value is -5.94. The van der Waals surface area contributed by atoms with Crippen LogP contribution in [0.15, 0.2) is 140 Å². The van der Waals surface area contributed by atoms with Crippen LogP contribution in [0.25, 0.3) is 72.9 Å². The molecule has 0 fully saturated rings. The van der Waals surface area contributed by atoms with E-state index in [1.165, 1.54) is 33.0 Å². The lowest BCUT2D eigenvalue weighted by atomic mass is 9.82. The number of pyridine rings is 1. The fourth-order valence-electron chi connectivity index (χ4n) is 7.00. The standard InChI is InChI=1S/C41H29N5/c1-41(2)33-19-11-9-17-29(33)31-23-32-30-18-10-12-20-35(30)46(36(32)24-34(31)41)37-22-21-28(25-42-37)40-44-38(26-13-5-3-6-14-26)43-39(45-40)27-15-7-4-8-16-27/h3-25H,1-2H3. The Labute approximate surface area is 266 Å². The number of rotatable bonds is 4. The fourth-order valence-corrected chi connectivity index (χ4v) is 7.00. The predicted octanol–water partition coefficient (Wildman–Crippen LogP) is 9.67. The fraction of sp³-hybridized carbons (Fsp3) is 0.0732. The van der Waals surface area contributed by atoms with E-state index in [-0.39, 0.29) is 5.41 Å². The molecule has 1 aliphatic carbocycles. The average Bonchev–Trinajstić information content (AvgIpc) is 3.56. The van der Waals surface area contributed by atoms with Crippen LogP contribution in [0, 0.1) is 0 Å². The van der Waals surface area contributed by atoms with Crippen molar-refractivity contribution < 1.29 is 0 Å². The van der Waals surface area contributed by atoms with Crippen LogP contribution in [0.2, 0.25) is 0 Å². The molecule has 3 aromatic heterocycles.